The van der Waals surface area contributed by atoms with Crippen molar-refractivity contribution in [1.82, 2.24) is 0 Å². The Bertz CT molecular complexity index is 954. The van der Waals surface area contributed by atoms with E-state index in [9.17, 15) is 23.1 Å². The molecule has 7 nitrogen and oxygen atoms in total. The first-order chi connectivity index (χ1) is 15.4. The van der Waals surface area contributed by atoms with Crippen molar-refractivity contribution in [2.24, 2.45) is 0 Å². The number of alkyl halides is 3. The van der Waals surface area contributed by atoms with E-state index in [0.717, 1.165) is 17.3 Å². The lowest BCUT2D eigenvalue weighted by Crippen LogP contribution is -2.60. The summed E-state index contributed by atoms with van der Waals surface area (Å²) in [6, 6.07) is 8.01. The van der Waals surface area contributed by atoms with E-state index in [1.54, 1.807) is 12.1 Å². The molecule has 0 spiro atoms. The van der Waals surface area contributed by atoms with Gasteiger partial charge in [0.15, 0.2) is 0 Å². The van der Waals surface area contributed by atoms with Gasteiger partial charge in [-0.2, -0.15) is 13.2 Å². The maximum atomic E-state index is 13.1. The van der Waals surface area contributed by atoms with E-state index in [2.05, 4.69) is 14.1 Å². The zero-order chi connectivity index (χ0) is 24.2. The zero-order valence-electron chi connectivity index (χ0n) is 17.7. The van der Waals surface area contributed by atoms with Crippen molar-refractivity contribution in [3.63, 3.8) is 0 Å². The van der Waals surface area contributed by atoms with Crippen molar-refractivity contribution in [2.75, 3.05) is 14.1 Å². The molecule has 5 rings (SSSR count). The minimum absolute atomic E-state index is 0.161. The monoisotopic (exact) mass is 505 g/mol. The Labute approximate surface area is 195 Å². The number of likely N-dealkylation sites (N-methyl/N-ethyl adjacent to an activating group) is 1. The number of piperidine rings is 1. The van der Waals surface area contributed by atoms with Crippen LogP contribution in [0.5, 0.6) is 0 Å². The minimum Gasteiger partial charge on any atom is -0.542 e. The van der Waals surface area contributed by atoms with Crippen molar-refractivity contribution >= 4 is 34.6 Å². The summed E-state index contributed by atoms with van der Waals surface area (Å²) < 4.78 is 44.2. The number of morpholine rings is 1. The van der Waals surface area contributed by atoms with Crippen LogP contribution in [0.4, 0.5) is 13.2 Å². The maximum Gasteiger partial charge on any atom is 0.430 e. The van der Waals surface area contributed by atoms with Crippen LogP contribution < -0.4 is 5.11 Å². The first-order valence-electron chi connectivity index (χ1n) is 10.1. The molecule has 0 aliphatic carbocycles. The summed E-state index contributed by atoms with van der Waals surface area (Å²) in [4.78, 5) is 23.1. The first-order valence-corrected chi connectivity index (χ1v) is 11.9. The summed E-state index contributed by atoms with van der Waals surface area (Å²) in [5, 5.41) is 23.9. The number of hydrogen-bond donors (Lipinski definition) is 1. The van der Waals surface area contributed by atoms with Crippen LogP contribution >= 0.6 is 22.7 Å². The van der Waals surface area contributed by atoms with Crippen molar-refractivity contribution in [1.29, 1.82) is 0 Å². The van der Waals surface area contributed by atoms with Gasteiger partial charge in [0.1, 0.15) is 36.4 Å². The maximum absolute atomic E-state index is 13.1. The number of carboxylic acids is 1. The molecule has 0 aromatic carbocycles. The van der Waals surface area contributed by atoms with E-state index in [1.807, 2.05) is 22.9 Å². The van der Waals surface area contributed by atoms with Gasteiger partial charge in [-0.05, 0) is 22.9 Å². The lowest BCUT2D eigenvalue weighted by Gasteiger charge is -2.45. The predicted octanol–water partition coefficient (Wildman–Crippen LogP) is 1.64. The number of carbonyl (C=O) groups is 2. The molecule has 5 heterocycles. The highest BCUT2D eigenvalue weighted by atomic mass is 32.1. The molecular weight excluding hydrogens is 483 g/mol. The number of carboxylic acid groups (broad SMARTS) is 1. The van der Waals surface area contributed by atoms with Crippen LogP contribution in [0, 0.1) is 0 Å². The number of carbonyl (C=O) groups excluding carboxylic acids is 2. The fourth-order valence-electron chi connectivity index (χ4n) is 4.83. The van der Waals surface area contributed by atoms with Crippen LogP contribution in [-0.4, -0.2) is 72.2 Å². The number of quaternary nitrogens is 1. The van der Waals surface area contributed by atoms with Crippen LogP contribution in [0.3, 0.4) is 0 Å². The van der Waals surface area contributed by atoms with Gasteiger partial charge < -0.3 is 29.0 Å². The Kier molecular flexibility index (Phi) is 6.11. The molecule has 3 fully saturated rings. The normalized spacial score (nSPS) is 29.5. The second kappa shape index (κ2) is 8.35. The van der Waals surface area contributed by atoms with Gasteiger partial charge in [0.25, 0.3) is 0 Å². The van der Waals surface area contributed by atoms with Crippen LogP contribution in [0.25, 0.3) is 0 Å². The predicted molar refractivity (Wildman–Crippen MR) is 110 cm³/mol. The van der Waals surface area contributed by atoms with E-state index in [4.69, 9.17) is 19.4 Å². The van der Waals surface area contributed by atoms with Gasteiger partial charge in [-0.25, -0.2) is 4.79 Å². The van der Waals surface area contributed by atoms with Crippen molar-refractivity contribution in [3.05, 3.63) is 44.8 Å². The third-order valence-electron chi connectivity index (χ3n) is 6.59. The van der Waals surface area contributed by atoms with Crippen molar-refractivity contribution in [2.45, 2.75) is 55.0 Å². The summed E-state index contributed by atoms with van der Waals surface area (Å²) in [7, 11) is 4.49. The average molecular weight is 506 g/mol. The van der Waals surface area contributed by atoms with Crippen LogP contribution in [0.1, 0.15) is 22.6 Å². The second-order valence-electron chi connectivity index (χ2n) is 8.78. The molecule has 4 atom stereocenters. The van der Waals surface area contributed by atoms with E-state index in [1.165, 1.54) is 22.7 Å². The fraction of sp³-hybridized carbons (Fsp3) is 0.524. The SMILES string of the molecule is C[N+]1(C)C2CC(OC(=O)C(O)(c3cccs3)c3cccs3)CC1C1OC12.O=C([O-])C(F)(F)F. The molecular formula is C21H22F3NO6S2. The Hall–Kier alpha value is -1.99. The van der Waals surface area contributed by atoms with Gasteiger partial charge in [-0.15, -0.1) is 22.7 Å². The average Bonchev–Trinajstić information content (AvgIpc) is 3.09. The van der Waals surface area contributed by atoms with Gasteiger partial charge in [-0.1, -0.05) is 12.1 Å². The van der Waals surface area contributed by atoms with E-state index >= 15 is 0 Å². The molecule has 12 heteroatoms. The summed E-state index contributed by atoms with van der Waals surface area (Å²) in [6.45, 7) is 0. The lowest BCUT2D eigenvalue weighted by molar-refractivity contribution is -0.938. The highest BCUT2D eigenvalue weighted by Gasteiger charge is 2.71. The molecule has 33 heavy (non-hydrogen) atoms. The second-order valence-corrected chi connectivity index (χ2v) is 10.7. The highest BCUT2D eigenvalue weighted by Crippen LogP contribution is 2.52. The van der Waals surface area contributed by atoms with Crippen LogP contribution in [0.15, 0.2) is 35.0 Å². The number of aliphatic carboxylic acids is 1. The quantitative estimate of drug-likeness (QED) is 0.386. The summed E-state index contributed by atoms with van der Waals surface area (Å²) >= 11 is 2.74. The number of halogens is 3. The number of hydrogen-bond acceptors (Lipinski definition) is 8. The lowest BCUT2D eigenvalue weighted by atomic mass is 9.95. The molecule has 3 saturated heterocycles. The molecule has 2 bridgehead atoms. The minimum atomic E-state index is -5.19. The van der Waals surface area contributed by atoms with Gasteiger partial charge in [0, 0.05) is 12.8 Å². The largest absolute Gasteiger partial charge is 0.542 e. The van der Waals surface area contributed by atoms with Crippen LogP contribution in [0.2, 0.25) is 0 Å². The summed E-state index contributed by atoms with van der Waals surface area (Å²) in [5.74, 6) is -3.57. The number of thiophene rings is 2. The van der Waals surface area contributed by atoms with Crippen LogP contribution in [-0.2, 0) is 24.7 Å². The third-order valence-corrected chi connectivity index (χ3v) is 8.55. The summed E-state index contributed by atoms with van der Waals surface area (Å²) in [5.41, 5.74) is -1.72. The van der Waals surface area contributed by atoms with Gasteiger partial charge in [-0.3, -0.25) is 0 Å². The molecule has 4 unspecified atom stereocenters. The number of esters is 1. The molecule has 3 aliphatic rings. The number of aliphatic hydroxyl groups is 1. The molecule has 0 saturated carbocycles. The molecule has 2 aromatic rings. The molecule has 180 valence electrons. The Morgan fingerprint density at radius 3 is 1.91 bits per heavy atom. The molecule has 2 aromatic heterocycles. The third kappa shape index (κ3) is 4.30. The Morgan fingerprint density at radius 1 is 1.09 bits per heavy atom. The Balaban J connectivity index is 0.000000325. The van der Waals surface area contributed by atoms with Gasteiger partial charge in [0.2, 0.25) is 5.60 Å². The van der Waals surface area contributed by atoms with Gasteiger partial charge >= 0.3 is 12.1 Å². The Morgan fingerprint density at radius 2 is 1.55 bits per heavy atom. The van der Waals surface area contributed by atoms with E-state index < -0.39 is 23.7 Å². The number of rotatable bonds is 4. The van der Waals surface area contributed by atoms with Crippen molar-refractivity contribution < 1.29 is 46.9 Å². The molecule has 0 radical (unpaired) electrons. The molecule has 0 amide bonds. The highest BCUT2D eigenvalue weighted by molar-refractivity contribution is 7.12. The molecule has 3 aliphatic heterocycles. The number of ether oxygens (including phenoxy) is 2. The molecule has 1 N–H and O–H groups in total. The zero-order valence-corrected chi connectivity index (χ0v) is 19.3. The first kappa shape index (κ1) is 24.1. The smallest absolute Gasteiger partial charge is 0.430 e. The topological polar surface area (TPSA) is 99.2 Å². The number of epoxide rings is 1. The van der Waals surface area contributed by atoms with E-state index in [0.29, 0.717) is 34.0 Å². The van der Waals surface area contributed by atoms with Crippen molar-refractivity contribution in [3.8, 4) is 0 Å². The number of nitrogens with zero attached hydrogens (tertiary/aromatic N) is 1. The number of fused-ring (bicyclic) bond motifs is 5. The summed E-state index contributed by atoms with van der Waals surface area (Å²) in [6.07, 6.45) is -3.14. The van der Waals surface area contributed by atoms with E-state index in [-0.39, 0.29) is 6.10 Å². The van der Waals surface area contributed by atoms with Gasteiger partial charge in [0.05, 0.1) is 23.8 Å². The standard InChI is InChI=1S/C19H22NO4S2.C2HF3O2/c1-20(2)12-9-11(10-13(20)17-16(12)24-17)23-18(21)19(22,14-5-3-7-25-14)15-6-4-8-26-15;3-2(4,5)1(6)7/h3-8,11-13,16-17,22H,9-10H2,1-2H3;(H,6,7)/q+1;/p-1. The fourth-order valence-corrected chi connectivity index (χ4v) is 6.54.